The molecule has 3 aromatic rings. The van der Waals surface area contributed by atoms with E-state index in [1.54, 1.807) is 16.7 Å². The smallest absolute Gasteiger partial charge is 0.289 e. The molecule has 10 heteroatoms. The van der Waals surface area contributed by atoms with E-state index < -0.39 is 5.91 Å². The minimum atomic E-state index is -0.393. The molecular weight excluding hydrogens is 504 g/mol. The molecule has 1 aromatic heterocycles. The van der Waals surface area contributed by atoms with Crippen molar-refractivity contribution in [3.8, 4) is 28.6 Å². The molecule has 0 aliphatic carbocycles. The summed E-state index contributed by atoms with van der Waals surface area (Å²) in [4.78, 5) is 17.9. The van der Waals surface area contributed by atoms with Gasteiger partial charge in [-0.05, 0) is 55.6 Å². The number of hydrogen-bond donors (Lipinski definition) is 3. The molecule has 0 unspecified atom stereocenters. The first-order valence-electron chi connectivity index (χ1n) is 13.1. The standard InChI is InChI=1S/C28H37ClN6O3/c1-6-33-9-11-34(12-10-33)16-19-7-8-20(13-23(19)29)35-26(31-32-27(35)28(38)30-18(4)5)22-14-21(17(2)3)24(36)15-25(22)37/h7-8,13-15,17-18,36-37H,6,9-12,16H2,1-5H3,(H,30,38). The average Bonchev–Trinajstić information content (AvgIpc) is 3.30. The molecular formula is C28H37ClN6O3. The fourth-order valence-electron chi connectivity index (χ4n) is 4.72. The van der Waals surface area contributed by atoms with E-state index in [1.165, 1.54) is 6.07 Å². The van der Waals surface area contributed by atoms with Crippen LogP contribution in [0, 0.1) is 0 Å². The van der Waals surface area contributed by atoms with Gasteiger partial charge >= 0.3 is 0 Å². The maximum absolute atomic E-state index is 13.1. The van der Waals surface area contributed by atoms with Gasteiger partial charge in [-0.1, -0.05) is 38.4 Å². The summed E-state index contributed by atoms with van der Waals surface area (Å²) in [5, 5.41) is 33.0. The van der Waals surface area contributed by atoms with Crippen LogP contribution >= 0.6 is 11.6 Å². The number of nitrogens with one attached hydrogen (secondary N) is 1. The van der Waals surface area contributed by atoms with E-state index in [-0.39, 0.29) is 35.1 Å². The highest BCUT2D eigenvalue weighted by molar-refractivity contribution is 6.31. The Balaban J connectivity index is 1.75. The Morgan fingerprint density at radius 2 is 1.68 bits per heavy atom. The molecule has 9 nitrogen and oxygen atoms in total. The number of phenolic OH excluding ortho intramolecular Hbond substituents is 2. The molecule has 3 N–H and O–H groups in total. The quantitative estimate of drug-likeness (QED) is 0.389. The van der Waals surface area contributed by atoms with Gasteiger partial charge in [0.2, 0.25) is 5.82 Å². The maximum atomic E-state index is 13.1. The zero-order valence-corrected chi connectivity index (χ0v) is 23.5. The first-order valence-corrected chi connectivity index (χ1v) is 13.5. The van der Waals surface area contributed by atoms with Crippen LogP contribution in [0.1, 0.15) is 62.3 Å². The molecule has 38 heavy (non-hydrogen) atoms. The van der Waals surface area contributed by atoms with Crippen LogP contribution in [0.5, 0.6) is 11.5 Å². The van der Waals surface area contributed by atoms with Crippen LogP contribution in [0.15, 0.2) is 30.3 Å². The Morgan fingerprint density at radius 1 is 1.00 bits per heavy atom. The van der Waals surface area contributed by atoms with Crippen molar-refractivity contribution in [1.29, 1.82) is 0 Å². The van der Waals surface area contributed by atoms with Gasteiger partial charge in [-0.3, -0.25) is 14.3 Å². The first kappa shape index (κ1) is 27.9. The van der Waals surface area contributed by atoms with Crippen LogP contribution < -0.4 is 5.32 Å². The van der Waals surface area contributed by atoms with Crippen LogP contribution in [0.2, 0.25) is 5.02 Å². The fraction of sp³-hybridized carbons (Fsp3) is 0.464. The minimum Gasteiger partial charge on any atom is -0.508 e. The summed E-state index contributed by atoms with van der Waals surface area (Å²) in [5.74, 6) is -0.204. The number of aromatic nitrogens is 3. The summed E-state index contributed by atoms with van der Waals surface area (Å²) in [6.45, 7) is 15.7. The van der Waals surface area contributed by atoms with Crippen LogP contribution in [0.4, 0.5) is 0 Å². The number of halogens is 1. The number of hydrogen-bond acceptors (Lipinski definition) is 7. The number of nitrogens with zero attached hydrogens (tertiary/aromatic N) is 5. The number of amides is 1. The SMILES string of the molecule is CCN1CCN(Cc2ccc(-n3c(C(=O)NC(C)C)nnc3-c3cc(C(C)C)c(O)cc3O)cc2Cl)CC1. The number of phenols is 2. The molecule has 0 saturated carbocycles. The zero-order chi connectivity index (χ0) is 27.6. The Bertz CT molecular complexity index is 1300. The lowest BCUT2D eigenvalue weighted by atomic mass is 9.98. The van der Waals surface area contributed by atoms with E-state index in [9.17, 15) is 15.0 Å². The van der Waals surface area contributed by atoms with Crippen molar-refractivity contribution >= 4 is 17.5 Å². The number of likely N-dealkylation sites (N-methyl/N-ethyl adjacent to an activating group) is 1. The number of carbonyl (C=O) groups excluding carboxylic acids is 1. The predicted molar refractivity (Wildman–Crippen MR) is 149 cm³/mol. The van der Waals surface area contributed by atoms with Crippen molar-refractivity contribution in [2.24, 2.45) is 0 Å². The van der Waals surface area contributed by atoms with Crippen molar-refractivity contribution in [2.45, 2.75) is 53.1 Å². The second-order valence-electron chi connectivity index (χ2n) is 10.4. The lowest BCUT2D eigenvalue weighted by molar-refractivity contribution is 0.0930. The van der Waals surface area contributed by atoms with Gasteiger partial charge in [0.15, 0.2) is 5.82 Å². The Labute approximate surface area is 229 Å². The Kier molecular flexibility index (Phi) is 8.60. The summed E-state index contributed by atoms with van der Waals surface area (Å²) >= 11 is 6.78. The molecule has 204 valence electrons. The van der Waals surface area contributed by atoms with E-state index >= 15 is 0 Å². The highest BCUT2D eigenvalue weighted by Crippen LogP contribution is 2.38. The van der Waals surface area contributed by atoms with E-state index in [1.807, 2.05) is 39.8 Å². The van der Waals surface area contributed by atoms with Crippen molar-refractivity contribution in [2.75, 3.05) is 32.7 Å². The molecule has 1 aliphatic rings. The van der Waals surface area contributed by atoms with Gasteiger partial charge in [0, 0.05) is 49.9 Å². The van der Waals surface area contributed by atoms with Crippen molar-refractivity contribution in [1.82, 2.24) is 29.9 Å². The van der Waals surface area contributed by atoms with Gasteiger partial charge in [0.05, 0.1) is 11.3 Å². The fourth-order valence-corrected chi connectivity index (χ4v) is 4.96. The lowest BCUT2D eigenvalue weighted by Crippen LogP contribution is -2.45. The molecule has 0 radical (unpaired) electrons. The van der Waals surface area contributed by atoms with E-state index in [4.69, 9.17) is 11.6 Å². The molecule has 1 aliphatic heterocycles. The van der Waals surface area contributed by atoms with Gasteiger partial charge in [-0.15, -0.1) is 10.2 Å². The lowest BCUT2D eigenvalue weighted by Gasteiger charge is -2.34. The predicted octanol–water partition coefficient (Wildman–Crippen LogP) is 4.40. The summed E-state index contributed by atoms with van der Waals surface area (Å²) in [5.41, 5.74) is 2.61. The van der Waals surface area contributed by atoms with E-state index in [0.717, 1.165) is 44.8 Å². The van der Waals surface area contributed by atoms with Crippen molar-refractivity contribution in [3.05, 3.63) is 52.3 Å². The molecule has 0 atom stereocenters. The summed E-state index contributed by atoms with van der Waals surface area (Å²) < 4.78 is 1.60. The monoisotopic (exact) mass is 540 g/mol. The first-order chi connectivity index (χ1) is 18.1. The molecule has 1 fully saturated rings. The second-order valence-corrected chi connectivity index (χ2v) is 10.8. The van der Waals surface area contributed by atoms with Gasteiger partial charge < -0.3 is 20.4 Å². The minimum absolute atomic E-state index is 0.00218. The van der Waals surface area contributed by atoms with E-state index in [2.05, 4.69) is 32.2 Å². The summed E-state index contributed by atoms with van der Waals surface area (Å²) in [6.07, 6.45) is 0. The van der Waals surface area contributed by atoms with Crippen LogP contribution in [0.25, 0.3) is 17.1 Å². The molecule has 2 aromatic carbocycles. The average molecular weight is 541 g/mol. The topological polar surface area (TPSA) is 107 Å². The van der Waals surface area contributed by atoms with E-state index in [0.29, 0.717) is 21.8 Å². The number of piperazine rings is 1. The summed E-state index contributed by atoms with van der Waals surface area (Å²) in [6, 6.07) is 8.54. The third-order valence-corrected chi connectivity index (χ3v) is 7.25. The van der Waals surface area contributed by atoms with Gasteiger partial charge in [-0.25, -0.2) is 0 Å². The number of carbonyl (C=O) groups is 1. The van der Waals surface area contributed by atoms with Crippen molar-refractivity contribution in [3.63, 3.8) is 0 Å². The van der Waals surface area contributed by atoms with Gasteiger partial charge in [0.1, 0.15) is 11.5 Å². The number of benzene rings is 2. The van der Waals surface area contributed by atoms with Crippen LogP contribution in [-0.4, -0.2) is 79.5 Å². The third-order valence-electron chi connectivity index (χ3n) is 6.89. The molecule has 2 heterocycles. The maximum Gasteiger partial charge on any atom is 0.289 e. The second kappa shape index (κ2) is 11.7. The highest BCUT2D eigenvalue weighted by atomic mass is 35.5. The molecule has 1 amide bonds. The normalized spacial score (nSPS) is 14.9. The molecule has 4 rings (SSSR count). The molecule has 1 saturated heterocycles. The van der Waals surface area contributed by atoms with Gasteiger partial charge in [0.25, 0.3) is 5.91 Å². The number of aromatic hydroxyl groups is 2. The van der Waals surface area contributed by atoms with Crippen LogP contribution in [0.3, 0.4) is 0 Å². The molecule has 0 bridgehead atoms. The highest BCUT2D eigenvalue weighted by Gasteiger charge is 2.25. The molecule has 0 spiro atoms. The largest absolute Gasteiger partial charge is 0.508 e. The zero-order valence-electron chi connectivity index (χ0n) is 22.7. The number of rotatable bonds is 8. The Morgan fingerprint density at radius 3 is 2.29 bits per heavy atom. The third kappa shape index (κ3) is 5.95. The van der Waals surface area contributed by atoms with Crippen LogP contribution in [-0.2, 0) is 6.54 Å². The Hall–Kier alpha value is -3.14. The summed E-state index contributed by atoms with van der Waals surface area (Å²) in [7, 11) is 0. The van der Waals surface area contributed by atoms with Crippen molar-refractivity contribution < 1.29 is 15.0 Å². The van der Waals surface area contributed by atoms with Gasteiger partial charge in [-0.2, -0.15) is 0 Å².